The van der Waals surface area contributed by atoms with Crippen molar-refractivity contribution in [1.29, 1.82) is 0 Å². The van der Waals surface area contributed by atoms with Gasteiger partial charge in [-0.2, -0.15) is 0 Å². The Morgan fingerprint density at radius 1 is 1.27 bits per heavy atom. The van der Waals surface area contributed by atoms with Crippen molar-refractivity contribution in [3.63, 3.8) is 0 Å². The third-order valence-electron chi connectivity index (χ3n) is 4.16. The first-order chi connectivity index (χ1) is 10.5. The molecule has 2 atom stereocenters. The molecule has 0 radical (unpaired) electrons. The van der Waals surface area contributed by atoms with Crippen LogP contribution in [0.3, 0.4) is 0 Å². The van der Waals surface area contributed by atoms with Gasteiger partial charge >= 0.3 is 0 Å². The zero-order chi connectivity index (χ0) is 16.1. The molecule has 0 saturated carbocycles. The Balaban J connectivity index is 1.78. The number of fused-ring (bicyclic) bond motifs is 1. The zero-order valence-electron chi connectivity index (χ0n) is 13.3. The molecule has 0 aromatic heterocycles. The molecule has 2 rings (SSSR count). The summed E-state index contributed by atoms with van der Waals surface area (Å²) in [5.74, 6) is -0.384. The molecule has 0 spiro atoms. The molecular weight excluding hydrogens is 278 g/mol. The van der Waals surface area contributed by atoms with E-state index in [-0.39, 0.29) is 30.3 Å². The van der Waals surface area contributed by atoms with E-state index in [1.54, 1.807) is 0 Å². The second-order valence-corrected chi connectivity index (χ2v) is 6.26. The lowest BCUT2D eigenvalue weighted by Crippen LogP contribution is -2.49. The zero-order valence-corrected chi connectivity index (χ0v) is 13.3. The van der Waals surface area contributed by atoms with Crippen LogP contribution in [0.5, 0.6) is 0 Å². The summed E-state index contributed by atoms with van der Waals surface area (Å²) in [7, 11) is 0. The number of benzene rings is 1. The molecule has 0 heterocycles. The van der Waals surface area contributed by atoms with E-state index in [0.29, 0.717) is 0 Å². The highest BCUT2D eigenvalue weighted by Gasteiger charge is 2.21. The third-order valence-corrected chi connectivity index (χ3v) is 4.16. The summed E-state index contributed by atoms with van der Waals surface area (Å²) in [6, 6.07) is 7.88. The van der Waals surface area contributed by atoms with Crippen LogP contribution >= 0.6 is 0 Å². The van der Waals surface area contributed by atoms with Crippen LogP contribution in [0.25, 0.3) is 0 Å². The van der Waals surface area contributed by atoms with E-state index < -0.39 is 6.04 Å². The molecule has 120 valence electrons. The maximum atomic E-state index is 12.0. The molecule has 4 N–H and O–H groups in total. The second kappa shape index (κ2) is 7.40. The van der Waals surface area contributed by atoms with E-state index in [0.717, 1.165) is 19.3 Å². The molecule has 0 bridgehead atoms. The molecule has 1 unspecified atom stereocenters. The number of aryl methyl sites for hydroxylation is 1. The van der Waals surface area contributed by atoms with Crippen LogP contribution in [0.15, 0.2) is 24.3 Å². The van der Waals surface area contributed by atoms with Gasteiger partial charge in [0.1, 0.15) is 0 Å². The van der Waals surface area contributed by atoms with Crippen LogP contribution in [0.2, 0.25) is 0 Å². The van der Waals surface area contributed by atoms with Crippen LogP contribution in [0.1, 0.15) is 31.4 Å². The minimum Gasteiger partial charge on any atom is -0.351 e. The molecule has 1 aromatic rings. The molecule has 0 saturated heterocycles. The van der Waals surface area contributed by atoms with E-state index in [1.807, 2.05) is 26.0 Å². The highest BCUT2D eigenvalue weighted by atomic mass is 16.2. The maximum Gasteiger partial charge on any atom is 0.239 e. The molecule has 5 heteroatoms. The standard InChI is InChI=1S/C17H25N3O2/c1-11(2)16(18)17(22)19-10-15(21)20-14-8-7-12-5-3-4-6-13(12)9-14/h3-6,11,14,16H,7-10,18H2,1-2H3,(H,19,22)(H,20,21)/t14?,16-/m0/s1. The van der Waals surface area contributed by atoms with Gasteiger partial charge in [-0.05, 0) is 36.3 Å². The fourth-order valence-electron chi connectivity index (χ4n) is 2.69. The van der Waals surface area contributed by atoms with Crippen LogP contribution in [-0.2, 0) is 22.4 Å². The number of nitrogens with one attached hydrogen (secondary N) is 2. The monoisotopic (exact) mass is 303 g/mol. The van der Waals surface area contributed by atoms with Crippen molar-refractivity contribution in [2.75, 3.05) is 6.54 Å². The first kappa shape index (κ1) is 16.5. The van der Waals surface area contributed by atoms with Crippen molar-refractivity contribution in [3.05, 3.63) is 35.4 Å². The van der Waals surface area contributed by atoms with Gasteiger partial charge < -0.3 is 16.4 Å². The van der Waals surface area contributed by atoms with Gasteiger partial charge in [-0.15, -0.1) is 0 Å². The minimum atomic E-state index is -0.575. The summed E-state index contributed by atoms with van der Waals surface area (Å²) in [5.41, 5.74) is 8.40. The smallest absolute Gasteiger partial charge is 0.239 e. The van der Waals surface area contributed by atoms with Crippen molar-refractivity contribution in [3.8, 4) is 0 Å². The lowest BCUT2D eigenvalue weighted by molar-refractivity contribution is -0.127. The quantitative estimate of drug-likeness (QED) is 0.751. The lowest BCUT2D eigenvalue weighted by atomic mass is 9.88. The number of rotatable bonds is 5. The Bertz CT molecular complexity index is 542. The number of amides is 2. The van der Waals surface area contributed by atoms with Gasteiger partial charge in [0, 0.05) is 6.04 Å². The first-order valence-corrected chi connectivity index (χ1v) is 7.87. The number of hydrogen-bond donors (Lipinski definition) is 3. The van der Waals surface area contributed by atoms with Crippen LogP contribution in [-0.4, -0.2) is 30.4 Å². The van der Waals surface area contributed by atoms with Crippen molar-refractivity contribution in [1.82, 2.24) is 10.6 Å². The van der Waals surface area contributed by atoms with Crippen LogP contribution in [0, 0.1) is 5.92 Å². The Hall–Kier alpha value is -1.88. The van der Waals surface area contributed by atoms with Crippen molar-refractivity contribution in [2.45, 2.75) is 45.2 Å². The molecule has 1 aliphatic rings. The molecule has 0 aliphatic heterocycles. The highest BCUT2D eigenvalue weighted by Crippen LogP contribution is 2.20. The molecule has 0 fully saturated rings. The Labute approximate surface area is 131 Å². The SMILES string of the molecule is CC(C)[C@H](N)C(=O)NCC(=O)NC1CCc2ccccc2C1. The predicted octanol–water partition coefficient (Wildman–Crippen LogP) is 0.760. The molecule has 1 aromatic carbocycles. The molecule has 2 amide bonds. The molecular formula is C17H25N3O2. The van der Waals surface area contributed by atoms with Gasteiger partial charge in [-0.25, -0.2) is 0 Å². The first-order valence-electron chi connectivity index (χ1n) is 7.87. The Kier molecular flexibility index (Phi) is 5.55. The number of carbonyl (C=O) groups excluding carboxylic acids is 2. The highest BCUT2D eigenvalue weighted by molar-refractivity contribution is 5.87. The van der Waals surface area contributed by atoms with Gasteiger partial charge in [0.05, 0.1) is 12.6 Å². The summed E-state index contributed by atoms with van der Waals surface area (Å²) in [5, 5.41) is 5.59. The average molecular weight is 303 g/mol. The summed E-state index contributed by atoms with van der Waals surface area (Å²) < 4.78 is 0. The summed E-state index contributed by atoms with van der Waals surface area (Å²) in [4.78, 5) is 23.7. The van der Waals surface area contributed by atoms with Crippen LogP contribution in [0.4, 0.5) is 0 Å². The predicted molar refractivity (Wildman–Crippen MR) is 86.2 cm³/mol. The minimum absolute atomic E-state index is 0.0165. The van der Waals surface area contributed by atoms with E-state index in [4.69, 9.17) is 5.73 Å². The van der Waals surface area contributed by atoms with Gasteiger partial charge in [-0.1, -0.05) is 38.1 Å². The summed E-state index contributed by atoms with van der Waals surface area (Å²) >= 11 is 0. The topological polar surface area (TPSA) is 84.2 Å². The number of nitrogens with two attached hydrogens (primary N) is 1. The fraction of sp³-hybridized carbons (Fsp3) is 0.529. The second-order valence-electron chi connectivity index (χ2n) is 6.26. The van der Waals surface area contributed by atoms with E-state index >= 15 is 0 Å². The summed E-state index contributed by atoms with van der Waals surface area (Å²) in [6.45, 7) is 3.74. The Morgan fingerprint density at radius 3 is 2.64 bits per heavy atom. The lowest BCUT2D eigenvalue weighted by Gasteiger charge is -2.25. The van der Waals surface area contributed by atoms with E-state index in [9.17, 15) is 9.59 Å². The molecule has 1 aliphatic carbocycles. The van der Waals surface area contributed by atoms with Crippen molar-refractivity contribution >= 4 is 11.8 Å². The van der Waals surface area contributed by atoms with Gasteiger partial charge in [0.15, 0.2) is 0 Å². The maximum absolute atomic E-state index is 12.0. The van der Waals surface area contributed by atoms with Crippen LogP contribution < -0.4 is 16.4 Å². The average Bonchev–Trinajstić information content (AvgIpc) is 2.51. The number of carbonyl (C=O) groups is 2. The van der Waals surface area contributed by atoms with Crippen molar-refractivity contribution < 1.29 is 9.59 Å². The van der Waals surface area contributed by atoms with Crippen molar-refractivity contribution in [2.24, 2.45) is 11.7 Å². The van der Waals surface area contributed by atoms with Gasteiger partial charge in [0.2, 0.25) is 11.8 Å². The number of hydrogen-bond acceptors (Lipinski definition) is 3. The molecule has 5 nitrogen and oxygen atoms in total. The largest absolute Gasteiger partial charge is 0.351 e. The Morgan fingerprint density at radius 2 is 1.95 bits per heavy atom. The van der Waals surface area contributed by atoms with E-state index in [2.05, 4.69) is 22.8 Å². The fourth-order valence-corrected chi connectivity index (χ4v) is 2.69. The normalized spacial score (nSPS) is 18.5. The van der Waals surface area contributed by atoms with E-state index in [1.165, 1.54) is 11.1 Å². The summed E-state index contributed by atoms with van der Waals surface area (Å²) in [6.07, 6.45) is 2.76. The third kappa shape index (κ3) is 4.31. The van der Waals surface area contributed by atoms with Gasteiger partial charge in [-0.3, -0.25) is 9.59 Å². The molecule has 22 heavy (non-hydrogen) atoms. The van der Waals surface area contributed by atoms with Gasteiger partial charge in [0.25, 0.3) is 0 Å².